The van der Waals surface area contributed by atoms with Crippen molar-refractivity contribution in [3.05, 3.63) is 35.9 Å². The van der Waals surface area contributed by atoms with Crippen molar-refractivity contribution in [2.24, 2.45) is 0 Å². The maximum absolute atomic E-state index is 12.1. The first-order valence-corrected chi connectivity index (χ1v) is 6.91. The molecule has 1 fully saturated rings. The van der Waals surface area contributed by atoms with Crippen LogP contribution in [0.5, 0.6) is 0 Å². The van der Waals surface area contributed by atoms with Gasteiger partial charge in [-0.2, -0.15) is 0 Å². The van der Waals surface area contributed by atoms with E-state index in [0.29, 0.717) is 26.3 Å². The number of hydrogen-bond acceptors (Lipinski definition) is 3. The summed E-state index contributed by atoms with van der Waals surface area (Å²) in [5, 5.41) is 3.30. The summed E-state index contributed by atoms with van der Waals surface area (Å²) in [6.07, 6.45) is 0.946. The fourth-order valence-corrected chi connectivity index (χ4v) is 2.22. The lowest BCUT2D eigenvalue weighted by molar-refractivity contribution is -0.137. The van der Waals surface area contributed by atoms with Gasteiger partial charge in [0.15, 0.2) is 0 Å². The van der Waals surface area contributed by atoms with Crippen molar-refractivity contribution in [3.8, 4) is 0 Å². The molecule has 0 bridgehead atoms. The van der Waals surface area contributed by atoms with E-state index in [1.165, 1.54) is 5.56 Å². The van der Waals surface area contributed by atoms with E-state index in [4.69, 9.17) is 4.74 Å². The van der Waals surface area contributed by atoms with Crippen LogP contribution in [0.3, 0.4) is 0 Å². The molecule has 104 valence electrons. The van der Waals surface area contributed by atoms with E-state index in [-0.39, 0.29) is 11.9 Å². The van der Waals surface area contributed by atoms with Gasteiger partial charge in [0, 0.05) is 13.1 Å². The quantitative estimate of drug-likeness (QED) is 0.863. The number of rotatable bonds is 5. The molecule has 1 atom stereocenters. The van der Waals surface area contributed by atoms with Gasteiger partial charge in [0.25, 0.3) is 0 Å². The Morgan fingerprint density at radius 3 is 2.68 bits per heavy atom. The summed E-state index contributed by atoms with van der Waals surface area (Å²) in [6.45, 7) is 5.49. The number of carbonyl (C=O) groups excluding carboxylic acids is 1. The molecule has 1 unspecified atom stereocenters. The van der Waals surface area contributed by atoms with Crippen LogP contribution in [0.15, 0.2) is 30.3 Å². The lowest BCUT2D eigenvalue weighted by Gasteiger charge is -2.29. The zero-order valence-electron chi connectivity index (χ0n) is 11.5. The van der Waals surface area contributed by atoms with Gasteiger partial charge in [0.05, 0.1) is 19.3 Å². The molecule has 4 heteroatoms. The Bertz CT molecular complexity index is 388. The molecule has 1 aliphatic rings. The molecular weight excluding hydrogens is 240 g/mol. The van der Waals surface area contributed by atoms with Crippen molar-refractivity contribution in [2.45, 2.75) is 19.4 Å². The summed E-state index contributed by atoms with van der Waals surface area (Å²) in [6, 6.07) is 10.2. The van der Waals surface area contributed by atoms with Gasteiger partial charge in [-0.05, 0) is 25.5 Å². The van der Waals surface area contributed by atoms with Crippen LogP contribution in [0.4, 0.5) is 0 Å². The summed E-state index contributed by atoms with van der Waals surface area (Å²) in [7, 11) is 0. The predicted molar refractivity (Wildman–Crippen MR) is 75.0 cm³/mol. The molecule has 0 spiro atoms. The molecule has 0 aliphatic carbocycles. The molecule has 1 amide bonds. The maximum Gasteiger partial charge on any atom is 0.239 e. The first-order valence-electron chi connectivity index (χ1n) is 6.91. The standard InChI is InChI=1S/C15H22N2O2/c1-13(15(18)17-9-11-19-12-10-17)16-8-7-14-5-3-2-4-6-14/h2-6,13,16H,7-12H2,1H3. The average molecular weight is 262 g/mol. The van der Waals surface area contributed by atoms with E-state index < -0.39 is 0 Å². The van der Waals surface area contributed by atoms with E-state index >= 15 is 0 Å². The number of nitrogens with one attached hydrogen (secondary N) is 1. The molecule has 4 nitrogen and oxygen atoms in total. The Morgan fingerprint density at radius 1 is 1.32 bits per heavy atom. The van der Waals surface area contributed by atoms with Crippen molar-refractivity contribution >= 4 is 5.91 Å². The Kier molecular flexibility index (Phi) is 5.36. The highest BCUT2D eigenvalue weighted by Crippen LogP contribution is 2.02. The predicted octanol–water partition coefficient (Wildman–Crippen LogP) is 1.07. The largest absolute Gasteiger partial charge is 0.378 e. The average Bonchev–Trinajstić information content (AvgIpc) is 2.48. The molecule has 19 heavy (non-hydrogen) atoms. The summed E-state index contributed by atoms with van der Waals surface area (Å²) in [4.78, 5) is 14.0. The smallest absolute Gasteiger partial charge is 0.239 e. The first kappa shape index (κ1) is 14.0. The van der Waals surface area contributed by atoms with Crippen molar-refractivity contribution < 1.29 is 9.53 Å². The molecule has 1 N–H and O–H groups in total. The Labute approximate surface area is 114 Å². The second-order valence-electron chi connectivity index (χ2n) is 4.85. The zero-order valence-corrected chi connectivity index (χ0v) is 11.5. The third-order valence-corrected chi connectivity index (χ3v) is 3.40. The fraction of sp³-hybridized carbons (Fsp3) is 0.533. The number of nitrogens with zero attached hydrogens (tertiary/aromatic N) is 1. The molecule has 1 heterocycles. The van der Waals surface area contributed by atoms with Crippen LogP contribution in [0, 0.1) is 0 Å². The van der Waals surface area contributed by atoms with E-state index in [1.807, 2.05) is 30.0 Å². The van der Waals surface area contributed by atoms with Crippen LogP contribution < -0.4 is 5.32 Å². The van der Waals surface area contributed by atoms with Crippen LogP contribution in [-0.2, 0) is 16.0 Å². The topological polar surface area (TPSA) is 41.6 Å². The lowest BCUT2D eigenvalue weighted by atomic mass is 10.1. The highest BCUT2D eigenvalue weighted by atomic mass is 16.5. The van der Waals surface area contributed by atoms with Gasteiger partial charge in [0.1, 0.15) is 0 Å². The second-order valence-corrected chi connectivity index (χ2v) is 4.85. The number of amides is 1. The summed E-state index contributed by atoms with van der Waals surface area (Å²) < 4.78 is 5.25. The van der Waals surface area contributed by atoms with Crippen molar-refractivity contribution in [1.82, 2.24) is 10.2 Å². The van der Waals surface area contributed by atoms with E-state index in [1.54, 1.807) is 0 Å². The zero-order chi connectivity index (χ0) is 13.5. The third kappa shape index (κ3) is 4.33. The lowest BCUT2D eigenvalue weighted by Crippen LogP contribution is -2.49. The van der Waals surface area contributed by atoms with Gasteiger partial charge >= 0.3 is 0 Å². The van der Waals surface area contributed by atoms with Crippen LogP contribution in [0.25, 0.3) is 0 Å². The van der Waals surface area contributed by atoms with E-state index in [0.717, 1.165) is 13.0 Å². The SMILES string of the molecule is CC(NCCc1ccccc1)C(=O)N1CCOCC1. The molecular formula is C15H22N2O2. The Morgan fingerprint density at radius 2 is 2.00 bits per heavy atom. The highest BCUT2D eigenvalue weighted by Gasteiger charge is 2.21. The molecule has 0 radical (unpaired) electrons. The Hall–Kier alpha value is -1.39. The van der Waals surface area contributed by atoms with E-state index in [9.17, 15) is 4.79 Å². The van der Waals surface area contributed by atoms with Crippen LogP contribution >= 0.6 is 0 Å². The summed E-state index contributed by atoms with van der Waals surface area (Å²) in [5.41, 5.74) is 1.29. The molecule has 1 aliphatic heterocycles. The molecule has 1 aromatic carbocycles. The number of benzene rings is 1. The molecule has 1 aromatic rings. The summed E-state index contributed by atoms with van der Waals surface area (Å²) in [5.74, 6) is 0.177. The van der Waals surface area contributed by atoms with Gasteiger partial charge in [-0.15, -0.1) is 0 Å². The summed E-state index contributed by atoms with van der Waals surface area (Å²) >= 11 is 0. The Balaban J connectivity index is 1.71. The fourth-order valence-electron chi connectivity index (χ4n) is 2.22. The molecule has 1 saturated heterocycles. The van der Waals surface area contributed by atoms with E-state index in [2.05, 4.69) is 17.4 Å². The number of morpholine rings is 1. The van der Waals surface area contributed by atoms with Gasteiger partial charge in [-0.1, -0.05) is 30.3 Å². The third-order valence-electron chi connectivity index (χ3n) is 3.40. The van der Waals surface area contributed by atoms with Crippen LogP contribution in [0.2, 0.25) is 0 Å². The van der Waals surface area contributed by atoms with Crippen molar-refractivity contribution in [1.29, 1.82) is 0 Å². The minimum absolute atomic E-state index is 0.123. The maximum atomic E-state index is 12.1. The molecule has 0 saturated carbocycles. The van der Waals surface area contributed by atoms with Crippen LogP contribution in [-0.4, -0.2) is 49.7 Å². The monoisotopic (exact) mass is 262 g/mol. The first-order chi connectivity index (χ1) is 9.27. The number of ether oxygens (including phenoxy) is 1. The number of carbonyl (C=O) groups is 1. The van der Waals surface area contributed by atoms with Crippen molar-refractivity contribution in [2.75, 3.05) is 32.8 Å². The normalized spacial score (nSPS) is 17.2. The van der Waals surface area contributed by atoms with Gasteiger partial charge < -0.3 is 15.0 Å². The number of hydrogen-bond donors (Lipinski definition) is 1. The highest BCUT2D eigenvalue weighted by molar-refractivity contribution is 5.81. The van der Waals surface area contributed by atoms with Crippen molar-refractivity contribution in [3.63, 3.8) is 0 Å². The van der Waals surface area contributed by atoms with Gasteiger partial charge in [-0.3, -0.25) is 4.79 Å². The second kappa shape index (κ2) is 7.26. The minimum atomic E-state index is -0.123. The molecule has 0 aromatic heterocycles. The minimum Gasteiger partial charge on any atom is -0.378 e. The van der Waals surface area contributed by atoms with Gasteiger partial charge in [-0.25, -0.2) is 0 Å². The van der Waals surface area contributed by atoms with Gasteiger partial charge in [0.2, 0.25) is 5.91 Å². The molecule has 2 rings (SSSR count). The van der Waals surface area contributed by atoms with Crippen LogP contribution in [0.1, 0.15) is 12.5 Å².